The van der Waals surface area contributed by atoms with E-state index in [0.717, 1.165) is 37.9 Å². The van der Waals surface area contributed by atoms with Crippen LogP contribution in [-0.2, 0) is 0 Å². The first-order valence-corrected chi connectivity index (χ1v) is 6.66. The zero-order valence-electron chi connectivity index (χ0n) is 11.3. The molecule has 3 heteroatoms. The molecule has 0 N–H and O–H groups in total. The number of aryl methyl sites for hydroxylation is 1. The molecule has 1 aromatic carbocycles. The van der Waals surface area contributed by atoms with Crippen molar-refractivity contribution in [2.75, 3.05) is 13.1 Å². The molecule has 1 aliphatic heterocycles. The molecule has 0 aliphatic carbocycles. The Labute approximate surface area is 114 Å². The summed E-state index contributed by atoms with van der Waals surface area (Å²) in [5.74, 6) is 3.85. The van der Waals surface area contributed by atoms with Crippen molar-refractivity contribution in [3.63, 3.8) is 0 Å². The van der Waals surface area contributed by atoms with E-state index in [1.54, 1.807) is 11.0 Å². The number of likely N-dealkylation sites (tertiary alicyclic amines) is 1. The van der Waals surface area contributed by atoms with Crippen molar-refractivity contribution in [1.82, 2.24) is 4.90 Å². The van der Waals surface area contributed by atoms with Crippen molar-refractivity contribution in [2.45, 2.75) is 26.2 Å². The first-order valence-electron chi connectivity index (χ1n) is 6.66. The van der Waals surface area contributed by atoms with Gasteiger partial charge in [0.2, 0.25) is 0 Å². The Balaban J connectivity index is 1.86. The Hall–Kier alpha value is -1.95. The molecule has 1 aromatic rings. The van der Waals surface area contributed by atoms with Crippen LogP contribution in [0.25, 0.3) is 0 Å². The molecule has 0 aromatic heterocycles. The van der Waals surface area contributed by atoms with E-state index < -0.39 is 0 Å². The predicted molar refractivity (Wildman–Crippen MR) is 75.0 cm³/mol. The van der Waals surface area contributed by atoms with Gasteiger partial charge in [0.25, 0.3) is 0 Å². The SMILES string of the molecule is C#CCC1CCN(C(=O)Oc2cccc(C)c2)CC1. The molecular formula is C16H19NO2. The van der Waals surface area contributed by atoms with Crippen molar-refractivity contribution in [1.29, 1.82) is 0 Å². The van der Waals surface area contributed by atoms with E-state index >= 15 is 0 Å². The Morgan fingerprint density at radius 1 is 1.47 bits per heavy atom. The molecule has 1 fully saturated rings. The van der Waals surface area contributed by atoms with E-state index in [4.69, 9.17) is 11.2 Å². The quantitative estimate of drug-likeness (QED) is 0.761. The Morgan fingerprint density at radius 2 is 2.21 bits per heavy atom. The molecule has 0 bridgehead atoms. The summed E-state index contributed by atoms with van der Waals surface area (Å²) in [5, 5.41) is 0. The van der Waals surface area contributed by atoms with Crippen LogP contribution < -0.4 is 4.74 Å². The van der Waals surface area contributed by atoms with E-state index in [9.17, 15) is 4.79 Å². The fourth-order valence-corrected chi connectivity index (χ4v) is 2.33. The maximum atomic E-state index is 12.0. The molecule has 0 radical (unpaired) electrons. The number of rotatable bonds is 2. The van der Waals surface area contributed by atoms with Crippen LogP contribution in [0.3, 0.4) is 0 Å². The van der Waals surface area contributed by atoms with E-state index in [2.05, 4.69) is 5.92 Å². The summed E-state index contributed by atoms with van der Waals surface area (Å²) in [6, 6.07) is 7.53. The minimum absolute atomic E-state index is 0.259. The summed E-state index contributed by atoms with van der Waals surface area (Å²) < 4.78 is 5.38. The number of benzene rings is 1. The van der Waals surface area contributed by atoms with Crippen LogP contribution in [0.15, 0.2) is 24.3 Å². The van der Waals surface area contributed by atoms with Crippen LogP contribution >= 0.6 is 0 Å². The van der Waals surface area contributed by atoms with Crippen LogP contribution in [0, 0.1) is 25.2 Å². The predicted octanol–water partition coefficient (Wildman–Crippen LogP) is 3.23. The molecule has 3 nitrogen and oxygen atoms in total. The van der Waals surface area contributed by atoms with E-state index in [0.29, 0.717) is 11.7 Å². The monoisotopic (exact) mass is 257 g/mol. The molecule has 1 aliphatic rings. The highest BCUT2D eigenvalue weighted by atomic mass is 16.6. The molecule has 0 unspecified atom stereocenters. The van der Waals surface area contributed by atoms with Crippen LogP contribution in [0.4, 0.5) is 4.79 Å². The number of hydrogen-bond acceptors (Lipinski definition) is 2. The molecule has 0 saturated carbocycles. The molecule has 100 valence electrons. The highest BCUT2D eigenvalue weighted by molar-refractivity contribution is 5.70. The smallest absolute Gasteiger partial charge is 0.410 e. The molecule has 2 rings (SSSR count). The topological polar surface area (TPSA) is 29.5 Å². The highest BCUT2D eigenvalue weighted by Gasteiger charge is 2.23. The Kier molecular flexibility index (Phi) is 4.46. The second kappa shape index (κ2) is 6.29. The lowest BCUT2D eigenvalue weighted by Crippen LogP contribution is -2.40. The zero-order valence-corrected chi connectivity index (χ0v) is 11.3. The number of carbonyl (C=O) groups is 1. The van der Waals surface area contributed by atoms with Gasteiger partial charge in [-0.3, -0.25) is 0 Å². The van der Waals surface area contributed by atoms with Gasteiger partial charge in [-0.25, -0.2) is 4.79 Å². The third-order valence-corrected chi connectivity index (χ3v) is 3.47. The minimum Gasteiger partial charge on any atom is -0.410 e. The van der Waals surface area contributed by atoms with Gasteiger partial charge >= 0.3 is 6.09 Å². The average Bonchev–Trinajstić information content (AvgIpc) is 2.40. The Bertz CT molecular complexity index is 482. The number of amides is 1. The number of hydrogen-bond donors (Lipinski definition) is 0. The number of ether oxygens (including phenoxy) is 1. The van der Waals surface area contributed by atoms with E-state index in [1.807, 2.05) is 25.1 Å². The summed E-state index contributed by atoms with van der Waals surface area (Å²) in [5.41, 5.74) is 1.08. The van der Waals surface area contributed by atoms with Gasteiger partial charge < -0.3 is 9.64 Å². The van der Waals surface area contributed by atoms with Crippen LogP contribution in [0.2, 0.25) is 0 Å². The molecule has 1 saturated heterocycles. The summed E-state index contributed by atoms with van der Waals surface area (Å²) in [6.45, 7) is 3.44. The minimum atomic E-state index is -0.259. The lowest BCUT2D eigenvalue weighted by atomic mass is 9.94. The highest BCUT2D eigenvalue weighted by Crippen LogP contribution is 2.21. The average molecular weight is 257 g/mol. The Morgan fingerprint density at radius 3 is 2.84 bits per heavy atom. The molecule has 0 atom stereocenters. The van der Waals surface area contributed by atoms with Crippen molar-refractivity contribution >= 4 is 6.09 Å². The van der Waals surface area contributed by atoms with Gasteiger partial charge in [0.15, 0.2) is 0 Å². The maximum absolute atomic E-state index is 12.0. The lowest BCUT2D eigenvalue weighted by Gasteiger charge is -2.30. The maximum Gasteiger partial charge on any atom is 0.415 e. The molecular weight excluding hydrogens is 238 g/mol. The lowest BCUT2D eigenvalue weighted by molar-refractivity contribution is 0.131. The van der Waals surface area contributed by atoms with Crippen molar-refractivity contribution in [3.8, 4) is 18.1 Å². The number of terminal acetylenes is 1. The number of carbonyl (C=O) groups excluding carboxylic acids is 1. The fourth-order valence-electron chi connectivity index (χ4n) is 2.33. The molecule has 19 heavy (non-hydrogen) atoms. The second-order valence-corrected chi connectivity index (χ2v) is 5.02. The van der Waals surface area contributed by atoms with Crippen molar-refractivity contribution in [2.24, 2.45) is 5.92 Å². The van der Waals surface area contributed by atoms with Gasteiger partial charge in [-0.2, -0.15) is 0 Å². The summed E-state index contributed by atoms with van der Waals surface area (Å²) in [4.78, 5) is 13.8. The molecule has 1 heterocycles. The van der Waals surface area contributed by atoms with Gasteiger partial charge in [0.05, 0.1) is 0 Å². The first-order chi connectivity index (χ1) is 9.19. The van der Waals surface area contributed by atoms with Crippen molar-refractivity contribution in [3.05, 3.63) is 29.8 Å². The van der Waals surface area contributed by atoms with Crippen LogP contribution in [-0.4, -0.2) is 24.1 Å². The normalized spacial score (nSPS) is 15.9. The van der Waals surface area contributed by atoms with Gasteiger partial charge in [0.1, 0.15) is 5.75 Å². The summed E-state index contributed by atoms with van der Waals surface area (Å²) >= 11 is 0. The van der Waals surface area contributed by atoms with Gasteiger partial charge in [-0.15, -0.1) is 12.3 Å². The van der Waals surface area contributed by atoms with Gasteiger partial charge in [-0.05, 0) is 43.4 Å². The fraction of sp³-hybridized carbons (Fsp3) is 0.438. The molecule has 0 spiro atoms. The van der Waals surface area contributed by atoms with E-state index in [1.165, 1.54) is 0 Å². The number of piperidine rings is 1. The van der Waals surface area contributed by atoms with Crippen molar-refractivity contribution < 1.29 is 9.53 Å². The third kappa shape index (κ3) is 3.75. The molecule has 1 amide bonds. The summed E-state index contributed by atoms with van der Waals surface area (Å²) in [7, 11) is 0. The summed E-state index contributed by atoms with van der Waals surface area (Å²) in [6.07, 6.45) is 7.79. The zero-order chi connectivity index (χ0) is 13.7. The van der Waals surface area contributed by atoms with Gasteiger partial charge in [0, 0.05) is 19.5 Å². The third-order valence-electron chi connectivity index (χ3n) is 3.47. The number of nitrogens with zero attached hydrogens (tertiary/aromatic N) is 1. The van der Waals surface area contributed by atoms with Crippen LogP contribution in [0.5, 0.6) is 5.75 Å². The largest absolute Gasteiger partial charge is 0.415 e. The second-order valence-electron chi connectivity index (χ2n) is 5.02. The van der Waals surface area contributed by atoms with Gasteiger partial charge in [-0.1, -0.05) is 12.1 Å². The van der Waals surface area contributed by atoms with E-state index in [-0.39, 0.29) is 6.09 Å². The first kappa shape index (κ1) is 13.5. The standard InChI is InChI=1S/C16H19NO2/c1-3-5-14-8-10-17(11-9-14)16(18)19-15-7-4-6-13(2)12-15/h1,4,6-7,12,14H,5,8-11H2,2H3. The van der Waals surface area contributed by atoms with Crippen LogP contribution in [0.1, 0.15) is 24.8 Å².